The van der Waals surface area contributed by atoms with Gasteiger partial charge in [0, 0.05) is 12.6 Å². The molecule has 0 radical (unpaired) electrons. The molecular formula is C7H14N2O2. The molecule has 1 heterocycles. The van der Waals surface area contributed by atoms with E-state index >= 15 is 0 Å². The van der Waals surface area contributed by atoms with E-state index in [0.29, 0.717) is 6.04 Å². The van der Waals surface area contributed by atoms with Gasteiger partial charge in [-0.05, 0) is 19.8 Å². The van der Waals surface area contributed by atoms with Crippen LogP contribution in [0.1, 0.15) is 19.8 Å². The average molecular weight is 158 g/mol. The Balaban J connectivity index is 2.39. The van der Waals surface area contributed by atoms with Gasteiger partial charge in [-0.3, -0.25) is 4.84 Å². The first-order chi connectivity index (χ1) is 5.25. The summed E-state index contributed by atoms with van der Waals surface area (Å²) in [5, 5.41) is 0. The van der Waals surface area contributed by atoms with Gasteiger partial charge in [-0.2, -0.15) is 0 Å². The molecule has 0 aliphatic carbocycles. The molecule has 64 valence electrons. The number of carbonyl (C=O) groups excluding carboxylic acids is 1. The fourth-order valence-electron chi connectivity index (χ4n) is 1.38. The molecular weight excluding hydrogens is 144 g/mol. The average Bonchev–Trinajstić information content (AvgIpc) is 2.36. The van der Waals surface area contributed by atoms with Gasteiger partial charge in [0.05, 0.1) is 7.11 Å². The van der Waals surface area contributed by atoms with Gasteiger partial charge in [-0.1, -0.05) is 0 Å². The molecule has 1 rings (SSSR count). The standard InChI is InChI=1S/C7H14N2O2/c1-6-4-3-5-9(6)7(10)8-11-2/h6H,3-5H2,1-2H3,(H,8,10). The van der Waals surface area contributed by atoms with E-state index in [1.807, 2.05) is 6.92 Å². The van der Waals surface area contributed by atoms with Crippen LogP contribution in [-0.4, -0.2) is 30.6 Å². The summed E-state index contributed by atoms with van der Waals surface area (Å²) in [6, 6.07) is 0.225. The third-order valence-corrected chi connectivity index (χ3v) is 2.00. The van der Waals surface area contributed by atoms with Crippen molar-refractivity contribution in [2.24, 2.45) is 0 Å². The maximum atomic E-state index is 11.1. The van der Waals surface area contributed by atoms with Crippen molar-refractivity contribution >= 4 is 6.03 Å². The van der Waals surface area contributed by atoms with Crippen LogP contribution in [0.25, 0.3) is 0 Å². The van der Waals surface area contributed by atoms with Gasteiger partial charge in [0.1, 0.15) is 0 Å². The van der Waals surface area contributed by atoms with Crippen molar-refractivity contribution in [1.29, 1.82) is 0 Å². The van der Waals surface area contributed by atoms with Crippen LogP contribution in [0.5, 0.6) is 0 Å². The van der Waals surface area contributed by atoms with Gasteiger partial charge in [0.2, 0.25) is 0 Å². The van der Waals surface area contributed by atoms with Crippen LogP contribution in [0.4, 0.5) is 4.79 Å². The van der Waals surface area contributed by atoms with Crippen molar-refractivity contribution in [3.8, 4) is 0 Å². The number of amides is 2. The van der Waals surface area contributed by atoms with Crippen LogP contribution >= 0.6 is 0 Å². The molecule has 1 aliphatic heterocycles. The Kier molecular flexibility index (Phi) is 2.70. The van der Waals surface area contributed by atoms with E-state index in [2.05, 4.69) is 10.3 Å². The first-order valence-electron chi connectivity index (χ1n) is 3.85. The zero-order valence-corrected chi connectivity index (χ0v) is 6.96. The third kappa shape index (κ3) is 1.83. The summed E-state index contributed by atoms with van der Waals surface area (Å²) < 4.78 is 0. The van der Waals surface area contributed by atoms with Crippen molar-refractivity contribution in [3.63, 3.8) is 0 Å². The molecule has 4 heteroatoms. The minimum atomic E-state index is -0.127. The molecule has 1 N–H and O–H groups in total. The lowest BCUT2D eigenvalue weighted by atomic mass is 10.2. The van der Waals surface area contributed by atoms with Gasteiger partial charge in [0.25, 0.3) is 0 Å². The van der Waals surface area contributed by atoms with E-state index in [1.54, 1.807) is 4.90 Å². The van der Waals surface area contributed by atoms with Gasteiger partial charge >= 0.3 is 6.03 Å². The zero-order valence-electron chi connectivity index (χ0n) is 6.96. The van der Waals surface area contributed by atoms with Crippen molar-refractivity contribution in [1.82, 2.24) is 10.4 Å². The third-order valence-electron chi connectivity index (χ3n) is 2.00. The first-order valence-corrected chi connectivity index (χ1v) is 3.85. The van der Waals surface area contributed by atoms with Crippen molar-refractivity contribution in [2.75, 3.05) is 13.7 Å². The highest BCUT2D eigenvalue weighted by atomic mass is 16.6. The second kappa shape index (κ2) is 3.57. The van der Waals surface area contributed by atoms with E-state index < -0.39 is 0 Å². The topological polar surface area (TPSA) is 41.6 Å². The number of hydrogen-bond acceptors (Lipinski definition) is 2. The number of hydrogen-bond donors (Lipinski definition) is 1. The van der Waals surface area contributed by atoms with E-state index in [9.17, 15) is 4.79 Å². The Morgan fingerprint density at radius 3 is 2.91 bits per heavy atom. The monoisotopic (exact) mass is 158 g/mol. The molecule has 11 heavy (non-hydrogen) atoms. The molecule has 0 aromatic carbocycles. The van der Waals surface area contributed by atoms with E-state index in [1.165, 1.54) is 7.11 Å². The number of likely N-dealkylation sites (tertiary alicyclic amines) is 1. The van der Waals surface area contributed by atoms with Crippen molar-refractivity contribution in [2.45, 2.75) is 25.8 Å². The maximum Gasteiger partial charge on any atom is 0.341 e. The Morgan fingerprint density at radius 2 is 2.45 bits per heavy atom. The SMILES string of the molecule is CONC(=O)N1CCCC1C. The zero-order chi connectivity index (χ0) is 8.27. The van der Waals surface area contributed by atoms with Gasteiger partial charge < -0.3 is 4.90 Å². The molecule has 1 aliphatic rings. The quantitative estimate of drug-likeness (QED) is 0.572. The number of nitrogens with one attached hydrogen (secondary N) is 1. The summed E-state index contributed by atoms with van der Waals surface area (Å²) in [6.07, 6.45) is 2.19. The number of carbonyl (C=O) groups is 1. The van der Waals surface area contributed by atoms with E-state index in [0.717, 1.165) is 19.4 Å². The summed E-state index contributed by atoms with van der Waals surface area (Å²) in [5.74, 6) is 0. The maximum absolute atomic E-state index is 11.1. The summed E-state index contributed by atoms with van der Waals surface area (Å²) in [5.41, 5.74) is 2.30. The minimum absolute atomic E-state index is 0.127. The van der Waals surface area contributed by atoms with Crippen LogP contribution in [0.3, 0.4) is 0 Å². The molecule has 0 spiro atoms. The summed E-state index contributed by atoms with van der Waals surface area (Å²) in [4.78, 5) is 17.4. The second-order valence-electron chi connectivity index (χ2n) is 2.80. The van der Waals surface area contributed by atoms with E-state index in [4.69, 9.17) is 0 Å². The van der Waals surface area contributed by atoms with Crippen LogP contribution in [-0.2, 0) is 4.84 Å². The Hall–Kier alpha value is -0.770. The van der Waals surface area contributed by atoms with Crippen LogP contribution in [0.2, 0.25) is 0 Å². The molecule has 0 aromatic rings. The summed E-state index contributed by atoms with van der Waals surface area (Å²) in [6.45, 7) is 2.89. The van der Waals surface area contributed by atoms with Gasteiger partial charge in [-0.15, -0.1) is 0 Å². The Labute approximate surface area is 66.5 Å². The lowest BCUT2D eigenvalue weighted by Gasteiger charge is -2.20. The number of urea groups is 1. The Bertz CT molecular complexity index is 149. The molecule has 0 saturated carbocycles. The molecule has 1 saturated heterocycles. The van der Waals surface area contributed by atoms with Crippen LogP contribution < -0.4 is 5.48 Å². The summed E-state index contributed by atoms with van der Waals surface area (Å²) >= 11 is 0. The molecule has 0 bridgehead atoms. The van der Waals surface area contributed by atoms with Gasteiger partial charge in [0.15, 0.2) is 0 Å². The predicted molar refractivity (Wildman–Crippen MR) is 40.9 cm³/mol. The van der Waals surface area contributed by atoms with Crippen LogP contribution in [0, 0.1) is 0 Å². The predicted octanol–water partition coefficient (Wildman–Crippen LogP) is 0.742. The normalized spacial score (nSPS) is 23.8. The highest BCUT2D eigenvalue weighted by molar-refractivity contribution is 5.73. The highest BCUT2D eigenvalue weighted by Gasteiger charge is 2.24. The lowest BCUT2D eigenvalue weighted by molar-refractivity contribution is 0.0857. The molecule has 1 atom stereocenters. The lowest BCUT2D eigenvalue weighted by Crippen LogP contribution is -2.41. The van der Waals surface area contributed by atoms with Crippen molar-refractivity contribution in [3.05, 3.63) is 0 Å². The van der Waals surface area contributed by atoms with E-state index in [-0.39, 0.29) is 6.03 Å². The Morgan fingerprint density at radius 1 is 1.73 bits per heavy atom. The number of hydroxylamine groups is 1. The molecule has 1 fully saturated rings. The molecule has 1 unspecified atom stereocenters. The second-order valence-corrected chi connectivity index (χ2v) is 2.80. The highest BCUT2D eigenvalue weighted by Crippen LogP contribution is 2.15. The minimum Gasteiger partial charge on any atom is -0.320 e. The smallest absolute Gasteiger partial charge is 0.320 e. The van der Waals surface area contributed by atoms with Gasteiger partial charge in [-0.25, -0.2) is 10.3 Å². The fourth-order valence-corrected chi connectivity index (χ4v) is 1.38. The van der Waals surface area contributed by atoms with Crippen LogP contribution in [0.15, 0.2) is 0 Å². The molecule has 0 aromatic heterocycles. The molecule has 4 nitrogen and oxygen atoms in total. The van der Waals surface area contributed by atoms with Crippen molar-refractivity contribution < 1.29 is 9.63 Å². The molecule has 2 amide bonds. The fraction of sp³-hybridized carbons (Fsp3) is 0.857. The summed E-state index contributed by atoms with van der Waals surface area (Å²) in [7, 11) is 1.44. The number of nitrogens with zero attached hydrogens (tertiary/aromatic N) is 1. The first kappa shape index (κ1) is 8.33. The largest absolute Gasteiger partial charge is 0.341 e. The number of rotatable bonds is 1.